The molecule has 0 bridgehead atoms. The number of aryl methyl sites for hydroxylation is 1. The maximum absolute atomic E-state index is 13.7. The summed E-state index contributed by atoms with van der Waals surface area (Å²) in [4.78, 5) is 30.3. The summed E-state index contributed by atoms with van der Waals surface area (Å²) >= 11 is 0. The lowest BCUT2D eigenvalue weighted by molar-refractivity contribution is -0.136. The number of nitrogens with zero attached hydrogens (tertiary/aromatic N) is 2. The molecule has 3 rings (SSSR count). The highest BCUT2D eigenvalue weighted by Crippen LogP contribution is 2.34. The SMILES string of the molecule is Cc1ccc([C@H]2CN(C)C(=O)[C@@H]2C(=O)Cc2cccnc2F)cc1. The van der Waals surface area contributed by atoms with Gasteiger partial charge in [0.25, 0.3) is 0 Å². The molecule has 1 amide bonds. The Morgan fingerprint density at radius 3 is 2.67 bits per heavy atom. The van der Waals surface area contributed by atoms with Crippen LogP contribution in [0.25, 0.3) is 0 Å². The van der Waals surface area contributed by atoms with E-state index >= 15 is 0 Å². The normalized spacial score (nSPS) is 20.5. The Morgan fingerprint density at radius 1 is 1.29 bits per heavy atom. The number of amides is 1. The van der Waals surface area contributed by atoms with Gasteiger partial charge < -0.3 is 4.90 Å². The Labute approximate surface area is 140 Å². The molecule has 5 heteroatoms. The van der Waals surface area contributed by atoms with Gasteiger partial charge in [0.05, 0.1) is 0 Å². The first-order valence-corrected chi connectivity index (χ1v) is 7.91. The molecular formula is C19H19FN2O2. The molecule has 1 aromatic carbocycles. The lowest BCUT2D eigenvalue weighted by Crippen LogP contribution is -2.29. The zero-order valence-corrected chi connectivity index (χ0v) is 13.7. The van der Waals surface area contributed by atoms with Crippen molar-refractivity contribution in [2.45, 2.75) is 19.3 Å². The van der Waals surface area contributed by atoms with E-state index in [0.29, 0.717) is 6.54 Å². The van der Waals surface area contributed by atoms with Gasteiger partial charge in [-0.25, -0.2) is 4.98 Å². The number of hydrogen-bond acceptors (Lipinski definition) is 3. The molecular weight excluding hydrogens is 307 g/mol. The third kappa shape index (κ3) is 3.07. The fourth-order valence-corrected chi connectivity index (χ4v) is 3.22. The number of aromatic nitrogens is 1. The first kappa shape index (κ1) is 16.3. The molecule has 124 valence electrons. The molecule has 1 aliphatic rings. The summed E-state index contributed by atoms with van der Waals surface area (Å²) in [5.74, 6) is -2.08. The smallest absolute Gasteiger partial charge is 0.233 e. The topological polar surface area (TPSA) is 50.3 Å². The average Bonchev–Trinajstić information content (AvgIpc) is 2.86. The van der Waals surface area contributed by atoms with Gasteiger partial charge in [-0.1, -0.05) is 35.9 Å². The lowest BCUT2D eigenvalue weighted by Gasteiger charge is -2.16. The van der Waals surface area contributed by atoms with Crippen LogP contribution in [0.3, 0.4) is 0 Å². The van der Waals surface area contributed by atoms with Crippen molar-refractivity contribution in [2.75, 3.05) is 13.6 Å². The van der Waals surface area contributed by atoms with Crippen molar-refractivity contribution in [3.8, 4) is 0 Å². The van der Waals surface area contributed by atoms with E-state index in [0.717, 1.165) is 11.1 Å². The molecule has 0 unspecified atom stereocenters. The number of likely N-dealkylation sites (N-methyl/N-ethyl adjacent to an activating group) is 1. The molecule has 2 heterocycles. The van der Waals surface area contributed by atoms with Crippen molar-refractivity contribution in [3.63, 3.8) is 0 Å². The highest BCUT2D eigenvalue weighted by atomic mass is 19.1. The van der Waals surface area contributed by atoms with E-state index in [-0.39, 0.29) is 29.6 Å². The maximum atomic E-state index is 13.7. The van der Waals surface area contributed by atoms with Crippen LogP contribution in [0.2, 0.25) is 0 Å². The minimum Gasteiger partial charge on any atom is -0.344 e. The summed E-state index contributed by atoms with van der Waals surface area (Å²) in [5, 5.41) is 0. The van der Waals surface area contributed by atoms with Crippen LogP contribution in [0.5, 0.6) is 0 Å². The molecule has 24 heavy (non-hydrogen) atoms. The van der Waals surface area contributed by atoms with E-state index in [1.807, 2.05) is 31.2 Å². The Kier molecular flexibility index (Phi) is 4.42. The molecule has 0 aliphatic carbocycles. The summed E-state index contributed by atoms with van der Waals surface area (Å²) in [6.07, 6.45) is 1.22. The highest BCUT2D eigenvalue weighted by molar-refractivity contribution is 6.04. The highest BCUT2D eigenvalue weighted by Gasteiger charge is 2.43. The minimum atomic E-state index is -0.766. The third-order valence-electron chi connectivity index (χ3n) is 4.57. The molecule has 2 aromatic rings. The fourth-order valence-electron chi connectivity index (χ4n) is 3.22. The van der Waals surface area contributed by atoms with Crippen molar-refractivity contribution in [2.24, 2.45) is 5.92 Å². The van der Waals surface area contributed by atoms with Crippen LogP contribution in [-0.4, -0.2) is 35.2 Å². The number of hydrogen-bond donors (Lipinski definition) is 0. The van der Waals surface area contributed by atoms with E-state index < -0.39 is 11.9 Å². The molecule has 1 fully saturated rings. The number of pyridine rings is 1. The lowest BCUT2D eigenvalue weighted by atomic mass is 9.83. The van der Waals surface area contributed by atoms with Gasteiger partial charge in [-0.15, -0.1) is 0 Å². The van der Waals surface area contributed by atoms with Crippen molar-refractivity contribution in [3.05, 3.63) is 65.2 Å². The Morgan fingerprint density at radius 2 is 2.00 bits per heavy atom. The van der Waals surface area contributed by atoms with Crippen molar-refractivity contribution < 1.29 is 14.0 Å². The Balaban J connectivity index is 1.87. The monoisotopic (exact) mass is 326 g/mol. The van der Waals surface area contributed by atoms with Crippen molar-refractivity contribution >= 4 is 11.7 Å². The zero-order chi connectivity index (χ0) is 17.3. The molecule has 0 saturated carbocycles. The third-order valence-corrected chi connectivity index (χ3v) is 4.57. The summed E-state index contributed by atoms with van der Waals surface area (Å²) < 4.78 is 13.7. The van der Waals surface area contributed by atoms with E-state index in [1.54, 1.807) is 18.0 Å². The largest absolute Gasteiger partial charge is 0.344 e. The second-order valence-corrected chi connectivity index (χ2v) is 6.31. The number of carbonyl (C=O) groups is 2. The quantitative estimate of drug-likeness (QED) is 0.641. The van der Waals surface area contributed by atoms with E-state index in [2.05, 4.69) is 4.98 Å². The van der Waals surface area contributed by atoms with Gasteiger partial charge in [0, 0.05) is 37.7 Å². The van der Waals surface area contributed by atoms with Gasteiger partial charge in [0.15, 0.2) is 5.78 Å². The fraction of sp³-hybridized carbons (Fsp3) is 0.316. The molecule has 1 aromatic heterocycles. The zero-order valence-electron chi connectivity index (χ0n) is 13.7. The maximum Gasteiger partial charge on any atom is 0.233 e. The first-order valence-electron chi connectivity index (χ1n) is 7.91. The van der Waals surface area contributed by atoms with E-state index in [4.69, 9.17) is 0 Å². The van der Waals surface area contributed by atoms with Crippen LogP contribution in [0, 0.1) is 18.8 Å². The van der Waals surface area contributed by atoms with E-state index in [1.165, 1.54) is 12.3 Å². The van der Waals surface area contributed by atoms with Crippen LogP contribution in [0.4, 0.5) is 4.39 Å². The molecule has 0 spiro atoms. The molecule has 0 N–H and O–H groups in total. The van der Waals surface area contributed by atoms with Gasteiger partial charge in [0.2, 0.25) is 11.9 Å². The number of benzene rings is 1. The van der Waals surface area contributed by atoms with Crippen LogP contribution < -0.4 is 0 Å². The number of halogens is 1. The summed E-state index contributed by atoms with van der Waals surface area (Å²) in [6, 6.07) is 11.0. The number of ketones is 1. The second kappa shape index (κ2) is 6.51. The second-order valence-electron chi connectivity index (χ2n) is 6.31. The predicted octanol–water partition coefficient (Wildman–Crippen LogP) is 2.51. The molecule has 4 nitrogen and oxygen atoms in total. The van der Waals surface area contributed by atoms with Gasteiger partial charge in [-0.05, 0) is 18.6 Å². The van der Waals surface area contributed by atoms with E-state index in [9.17, 15) is 14.0 Å². The van der Waals surface area contributed by atoms with Gasteiger partial charge in [0.1, 0.15) is 5.92 Å². The van der Waals surface area contributed by atoms with Gasteiger partial charge in [-0.3, -0.25) is 9.59 Å². The first-order chi connectivity index (χ1) is 11.5. The van der Waals surface area contributed by atoms with Crippen LogP contribution in [0.15, 0.2) is 42.6 Å². The molecule has 1 saturated heterocycles. The summed E-state index contributed by atoms with van der Waals surface area (Å²) in [5.41, 5.74) is 2.31. The summed E-state index contributed by atoms with van der Waals surface area (Å²) in [7, 11) is 1.70. The molecule has 2 atom stereocenters. The summed E-state index contributed by atoms with van der Waals surface area (Å²) in [6.45, 7) is 2.48. The van der Waals surface area contributed by atoms with Crippen molar-refractivity contribution in [1.82, 2.24) is 9.88 Å². The Hall–Kier alpha value is -2.56. The average molecular weight is 326 g/mol. The minimum absolute atomic E-state index is 0.119. The van der Waals surface area contributed by atoms with Crippen molar-refractivity contribution in [1.29, 1.82) is 0 Å². The Bertz CT molecular complexity index is 773. The number of carbonyl (C=O) groups excluding carboxylic acids is 2. The molecule has 0 radical (unpaired) electrons. The van der Waals surface area contributed by atoms with Gasteiger partial charge >= 0.3 is 0 Å². The van der Waals surface area contributed by atoms with Crippen LogP contribution >= 0.6 is 0 Å². The van der Waals surface area contributed by atoms with Gasteiger partial charge in [-0.2, -0.15) is 4.39 Å². The standard InChI is InChI=1S/C19H19FN2O2/c1-12-5-7-13(8-6-12)15-11-22(2)19(24)17(15)16(23)10-14-4-3-9-21-18(14)20/h3-9,15,17H,10-11H2,1-2H3/t15-,17+/m1/s1. The number of likely N-dealkylation sites (tertiary alicyclic amines) is 1. The van der Waals surface area contributed by atoms with Crippen LogP contribution in [0.1, 0.15) is 22.6 Å². The van der Waals surface area contributed by atoms with Crippen LogP contribution in [-0.2, 0) is 16.0 Å². The molecule has 1 aliphatic heterocycles. The number of Topliss-reactive ketones (excluding diaryl/α,β-unsaturated/α-hetero) is 1. The number of rotatable bonds is 4. The predicted molar refractivity (Wildman–Crippen MR) is 88.0 cm³/mol.